The van der Waals surface area contributed by atoms with Crippen LogP contribution in [0.25, 0.3) is 0 Å². The molecule has 0 saturated heterocycles. The maximum absolute atomic E-state index is 11.6. The Hall–Kier alpha value is -2.24. The lowest BCUT2D eigenvalue weighted by Gasteiger charge is -2.19. The zero-order chi connectivity index (χ0) is 17.5. The van der Waals surface area contributed by atoms with Crippen molar-refractivity contribution in [3.8, 4) is 5.75 Å². The van der Waals surface area contributed by atoms with Crippen LogP contribution < -0.4 is 5.32 Å². The summed E-state index contributed by atoms with van der Waals surface area (Å²) in [5, 5.41) is 12.3. The summed E-state index contributed by atoms with van der Waals surface area (Å²) in [6.07, 6.45) is 0.848. The number of nitrogens with one attached hydrogen (secondary N) is 1. The van der Waals surface area contributed by atoms with Crippen LogP contribution in [-0.4, -0.2) is 36.4 Å². The molecule has 6 nitrogen and oxygen atoms in total. The molecule has 0 aliphatic heterocycles. The van der Waals surface area contributed by atoms with Gasteiger partial charge in [0.2, 0.25) is 0 Å². The molecule has 1 amide bonds. The van der Waals surface area contributed by atoms with Gasteiger partial charge in [-0.1, -0.05) is 6.07 Å². The molecule has 128 valence electrons. The average molecular weight is 323 g/mol. The zero-order valence-corrected chi connectivity index (χ0v) is 14.1. The fourth-order valence-corrected chi connectivity index (χ4v) is 2.04. The molecule has 0 radical (unpaired) electrons. The highest BCUT2D eigenvalue weighted by atomic mass is 16.6. The number of aromatic hydroxyl groups is 1. The number of phenols is 1. The van der Waals surface area contributed by atoms with Crippen LogP contribution in [0.5, 0.6) is 5.75 Å². The lowest BCUT2D eigenvalue weighted by atomic mass is 10.00. The maximum Gasteiger partial charge on any atom is 0.407 e. The Morgan fingerprint density at radius 1 is 1.17 bits per heavy atom. The summed E-state index contributed by atoms with van der Waals surface area (Å²) >= 11 is 0. The van der Waals surface area contributed by atoms with Gasteiger partial charge in [-0.2, -0.15) is 0 Å². The predicted molar refractivity (Wildman–Crippen MR) is 86.4 cm³/mol. The van der Waals surface area contributed by atoms with Gasteiger partial charge in [0.15, 0.2) is 0 Å². The van der Waals surface area contributed by atoms with Crippen molar-refractivity contribution in [2.75, 3.05) is 13.7 Å². The standard InChI is InChI=1S/C17H25NO5/c1-17(2,3)23-16(21)18-10-9-13-11-14(19)7-5-12(13)6-8-15(20)22-4/h5,7,11,19H,6,8-10H2,1-4H3,(H,18,21). The summed E-state index contributed by atoms with van der Waals surface area (Å²) in [5.74, 6) is -0.130. The highest BCUT2D eigenvalue weighted by Crippen LogP contribution is 2.19. The van der Waals surface area contributed by atoms with Crippen LogP contribution in [0.3, 0.4) is 0 Å². The normalized spacial score (nSPS) is 11.0. The molecule has 1 aromatic carbocycles. The second kappa shape index (κ2) is 8.41. The topological polar surface area (TPSA) is 84.9 Å². The summed E-state index contributed by atoms with van der Waals surface area (Å²) in [6.45, 7) is 5.77. The first-order valence-electron chi connectivity index (χ1n) is 7.55. The molecule has 0 aliphatic rings. The first-order chi connectivity index (χ1) is 10.7. The van der Waals surface area contributed by atoms with Crippen LogP contribution in [0, 0.1) is 0 Å². The lowest BCUT2D eigenvalue weighted by Crippen LogP contribution is -2.33. The number of rotatable bonds is 6. The van der Waals surface area contributed by atoms with Crippen molar-refractivity contribution in [2.45, 2.75) is 45.6 Å². The van der Waals surface area contributed by atoms with Gasteiger partial charge in [-0.3, -0.25) is 4.79 Å². The van der Waals surface area contributed by atoms with Crippen LogP contribution in [0.15, 0.2) is 18.2 Å². The fourth-order valence-electron chi connectivity index (χ4n) is 2.04. The predicted octanol–water partition coefficient (Wildman–Crippen LogP) is 2.57. The molecule has 0 saturated carbocycles. The summed E-state index contributed by atoms with van der Waals surface area (Å²) < 4.78 is 9.80. The van der Waals surface area contributed by atoms with E-state index in [0.717, 1.165) is 11.1 Å². The number of hydrogen-bond donors (Lipinski definition) is 2. The third-order valence-corrected chi connectivity index (χ3v) is 3.08. The van der Waals surface area contributed by atoms with Crippen molar-refractivity contribution in [3.05, 3.63) is 29.3 Å². The van der Waals surface area contributed by atoms with Crippen molar-refractivity contribution < 1.29 is 24.2 Å². The minimum absolute atomic E-state index is 0.152. The third kappa shape index (κ3) is 7.54. The maximum atomic E-state index is 11.6. The number of ether oxygens (including phenoxy) is 2. The number of carbonyl (C=O) groups excluding carboxylic acids is 2. The van der Waals surface area contributed by atoms with E-state index in [4.69, 9.17) is 4.74 Å². The SMILES string of the molecule is COC(=O)CCc1ccc(O)cc1CCNC(=O)OC(C)(C)C. The molecule has 0 atom stereocenters. The largest absolute Gasteiger partial charge is 0.508 e. The van der Waals surface area contributed by atoms with Gasteiger partial charge >= 0.3 is 12.1 Å². The Morgan fingerprint density at radius 2 is 1.87 bits per heavy atom. The van der Waals surface area contributed by atoms with Gasteiger partial charge in [-0.25, -0.2) is 4.79 Å². The van der Waals surface area contributed by atoms with Crippen LogP contribution in [-0.2, 0) is 27.1 Å². The van der Waals surface area contributed by atoms with Gasteiger partial charge in [0.25, 0.3) is 0 Å². The fraction of sp³-hybridized carbons (Fsp3) is 0.529. The monoisotopic (exact) mass is 323 g/mol. The molecule has 0 aromatic heterocycles. The molecule has 0 fully saturated rings. The lowest BCUT2D eigenvalue weighted by molar-refractivity contribution is -0.140. The number of benzene rings is 1. The van der Waals surface area contributed by atoms with E-state index in [1.807, 2.05) is 0 Å². The van der Waals surface area contributed by atoms with Crippen LogP contribution >= 0.6 is 0 Å². The summed E-state index contributed by atoms with van der Waals surface area (Å²) in [5.41, 5.74) is 1.28. The molecule has 0 spiro atoms. The number of esters is 1. The molecule has 2 N–H and O–H groups in total. The molecule has 23 heavy (non-hydrogen) atoms. The van der Waals surface area contributed by atoms with Crippen LogP contribution in [0.4, 0.5) is 4.79 Å². The smallest absolute Gasteiger partial charge is 0.407 e. The van der Waals surface area contributed by atoms with Crippen molar-refractivity contribution >= 4 is 12.1 Å². The van der Waals surface area contributed by atoms with E-state index in [-0.39, 0.29) is 18.1 Å². The van der Waals surface area contributed by atoms with E-state index in [1.165, 1.54) is 7.11 Å². The third-order valence-electron chi connectivity index (χ3n) is 3.08. The highest BCUT2D eigenvalue weighted by molar-refractivity contribution is 5.69. The Bertz CT molecular complexity index is 548. The number of hydrogen-bond acceptors (Lipinski definition) is 5. The first kappa shape index (κ1) is 18.8. The molecule has 1 aromatic rings. The minimum Gasteiger partial charge on any atom is -0.508 e. The van der Waals surface area contributed by atoms with Crippen LogP contribution in [0.2, 0.25) is 0 Å². The van der Waals surface area contributed by atoms with Gasteiger partial charge in [-0.15, -0.1) is 0 Å². The van der Waals surface area contributed by atoms with Gasteiger partial charge < -0.3 is 19.9 Å². The van der Waals surface area contributed by atoms with E-state index < -0.39 is 11.7 Å². The number of methoxy groups -OCH3 is 1. The highest BCUT2D eigenvalue weighted by Gasteiger charge is 2.15. The van der Waals surface area contributed by atoms with E-state index in [2.05, 4.69) is 10.1 Å². The van der Waals surface area contributed by atoms with Gasteiger partial charge in [0.05, 0.1) is 7.11 Å². The van der Waals surface area contributed by atoms with E-state index in [1.54, 1.807) is 39.0 Å². The Balaban J connectivity index is 2.59. The van der Waals surface area contributed by atoms with Crippen LogP contribution in [0.1, 0.15) is 38.3 Å². The Kier molecular flexibility index (Phi) is 6.88. The molecular weight excluding hydrogens is 298 g/mol. The first-order valence-corrected chi connectivity index (χ1v) is 7.55. The minimum atomic E-state index is -0.541. The quantitative estimate of drug-likeness (QED) is 0.786. The van der Waals surface area contributed by atoms with E-state index in [0.29, 0.717) is 19.4 Å². The molecule has 0 aliphatic carbocycles. The van der Waals surface area contributed by atoms with Gasteiger partial charge in [-0.05, 0) is 56.9 Å². The Labute approximate surface area is 136 Å². The van der Waals surface area contributed by atoms with E-state index >= 15 is 0 Å². The number of carbonyl (C=O) groups is 2. The summed E-state index contributed by atoms with van der Waals surface area (Å²) in [4.78, 5) is 22.9. The number of phenolic OH excluding ortho intramolecular Hbond substituents is 1. The molecule has 0 heterocycles. The molecule has 0 bridgehead atoms. The van der Waals surface area contributed by atoms with Gasteiger partial charge in [0.1, 0.15) is 11.4 Å². The van der Waals surface area contributed by atoms with Crippen molar-refractivity contribution in [2.24, 2.45) is 0 Å². The zero-order valence-electron chi connectivity index (χ0n) is 14.1. The molecule has 6 heteroatoms. The number of amides is 1. The second-order valence-electron chi connectivity index (χ2n) is 6.21. The molecular formula is C17H25NO5. The molecule has 1 rings (SSSR count). The number of alkyl carbamates (subject to hydrolysis) is 1. The van der Waals surface area contributed by atoms with E-state index in [9.17, 15) is 14.7 Å². The second-order valence-corrected chi connectivity index (χ2v) is 6.21. The van der Waals surface area contributed by atoms with Crippen molar-refractivity contribution in [1.29, 1.82) is 0 Å². The molecule has 0 unspecified atom stereocenters. The average Bonchev–Trinajstić information content (AvgIpc) is 2.44. The number of aryl methyl sites for hydroxylation is 1. The van der Waals surface area contributed by atoms with Gasteiger partial charge in [0, 0.05) is 13.0 Å². The van der Waals surface area contributed by atoms with Crippen molar-refractivity contribution in [3.63, 3.8) is 0 Å². The van der Waals surface area contributed by atoms with Crippen molar-refractivity contribution in [1.82, 2.24) is 5.32 Å². The summed E-state index contributed by atoms with van der Waals surface area (Å²) in [6, 6.07) is 5.00. The Morgan fingerprint density at radius 3 is 2.48 bits per heavy atom. The summed E-state index contributed by atoms with van der Waals surface area (Å²) in [7, 11) is 1.35.